The molecular formula is C16H23FN2O. The zero-order valence-corrected chi connectivity index (χ0v) is 12.3. The molecular weight excluding hydrogens is 255 g/mol. The lowest BCUT2D eigenvalue weighted by Crippen LogP contribution is -2.51. The minimum Gasteiger partial charge on any atom is -0.487 e. The van der Waals surface area contributed by atoms with E-state index in [2.05, 4.69) is 24.2 Å². The van der Waals surface area contributed by atoms with Crippen LogP contribution in [0.3, 0.4) is 0 Å². The van der Waals surface area contributed by atoms with E-state index in [1.165, 1.54) is 6.07 Å². The second kappa shape index (κ2) is 5.34. The number of ether oxygens (including phenoxy) is 1. The molecule has 1 fully saturated rings. The molecule has 2 aliphatic heterocycles. The van der Waals surface area contributed by atoms with E-state index in [0.717, 1.165) is 50.2 Å². The number of nitrogens with zero attached hydrogens (tertiary/aromatic N) is 1. The SMILES string of the molecule is CCNC1CC2(CCN(C)CC2)Oc2ccc(F)cc21. The van der Waals surface area contributed by atoms with E-state index in [1.54, 1.807) is 12.1 Å². The van der Waals surface area contributed by atoms with E-state index in [1.807, 2.05) is 0 Å². The fourth-order valence-corrected chi connectivity index (χ4v) is 3.40. The van der Waals surface area contributed by atoms with Gasteiger partial charge in [0.2, 0.25) is 0 Å². The molecule has 3 rings (SSSR count). The van der Waals surface area contributed by atoms with Crippen LogP contribution in [0.5, 0.6) is 5.75 Å². The van der Waals surface area contributed by atoms with E-state index in [9.17, 15) is 4.39 Å². The average Bonchev–Trinajstić information content (AvgIpc) is 2.44. The Balaban J connectivity index is 1.90. The molecule has 110 valence electrons. The van der Waals surface area contributed by atoms with Crippen molar-refractivity contribution in [1.29, 1.82) is 0 Å². The monoisotopic (exact) mass is 278 g/mol. The molecule has 1 aromatic carbocycles. The van der Waals surface area contributed by atoms with Gasteiger partial charge in [-0.25, -0.2) is 4.39 Å². The molecule has 2 aliphatic rings. The van der Waals surface area contributed by atoms with E-state index >= 15 is 0 Å². The largest absolute Gasteiger partial charge is 0.487 e. The summed E-state index contributed by atoms with van der Waals surface area (Å²) in [4.78, 5) is 2.34. The summed E-state index contributed by atoms with van der Waals surface area (Å²) < 4.78 is 19.8. The third kappa shape index (κ3) is 2.54. The van der Waals surface area contributed by atoms with Gasteiger partial charge in [0, 0.05) is 31.1 Å². The van der Waals surface area contributed by atoms with E-state index in [4.69, 9.17) is 4.74 Å². The number of benzene rings is 1. The maximum atomic E-state index is 13.5. The number of likely N-dealkylation sites (tertiary alicyclic amines) is 1. The quantitative estimate of drug-likeness (QED) is 0.900. The Hall–Kier alpha value is -1.13. The second-order valence-corrected chi connectivity index (χ2v) is 6.08. The molecule has 1 unspecified atom stereocenters. The van der Waals surface area contributed by atoms with Crippen molar-refractivity contribution in [2.24, 2.45) is 0 Å². The van der Waals surface area contributed by atoms with Gasteiger partial charge in [-0.2, -0.15) is 0 Å². The Morgan fingerprint density at radius 1 is 1.40 bits per heavy atom. The Kier molecular flexibility index (Phi) is 3.69. The van der Waals surface area contributed by atoms with Gasteiger partial charge in [0.1, 0.15) is 17.2 Å². The molecule has 3 nitrogen and oxygen atoms in total. The van der Waals surface area contributed by atoms with Crippen LogP contribution in [-0.2, 0) is 0 Å². The fraction of sp³-hybridized carbons (Fsp3) is 0.625. The van der Waals surface area contributed by atoms with Crippen molar-refractivity contribution in [3.63, 3.8) is 0 Å². The highest BCUT2D eigenvalue weighted by Gasteiger charge is 2.42. The fourth-order valence-electron chi connectivity index (χ4n) is 3.40. The van der Waals surface area contributed by atoms with Crippen molar-refractivity contribution >= 4 is 0 Å². The Morgan fingerprint density at radius 2 is 2.15 bits per heavy atom. The Labute approximate surface area is 120 Å². The van der Waals surface area contributed by atoms with Crippen molar-refractivity contribution in [1.82, 2.24) is 10.2 Å². The average molecular weight is 278 g/mol. The number of fused-ring (bicyclic) bond motifs is 1. The van der Waals surface area contributed by atoms with Crippen LogP contribution in [0.2, 0.25) is 0 Å². The molecule has 2 heterocycles. The molecule has 0 bridgehead atoms. The Bertz CT molecular complexity index is 483. The predicted octanol–water partition coefficient (Wildman–Crippen LogP) is 2.72. The van der Waals surface area contributed by atoms with Crippen LogP contribution in [0.1, 0.15) is 37.8 Å². The van der Waals surface area contributed by atoms with Crippen LogP contribution in [0.15, 0.2) is 18.2 Å². The molecule has 0 radical (unpaired) electrons. The molecule has 0 aliphatic carbocycles. The van der Waals surface area contributed by atoms with Gasteiger partial charge in [-0.1, -0.05) is 6.92 Å². The van der Waals surface area contributed by atoms with Gasteiger partial charge in [-0.3, -0.25) is 0 Å². The number of hydrogen-bond acceptors (Lipinski definition) is 3. The number of rotatable bonds is 2. The van der Waals surface area contributed by atoms with Gasteiger partial charge in [0.25, 0.3) is 0 Å². The minimum atomic E-state index is -0.186. The van der Waals surface area contributed by atoms with Crippen molar-refractivity contribution < 1.29 is 9.13 Å². The smallest absolute Gasteiger partial charge is 0.125 e. The van der Waals surface area contributed by atoms with E-state index < -0.39 is 0 Å². The summed E-state index contributed by atoms with van der Waals surface area (Å²) >= 11 is 0. The first kappa shape index (κ1) is 13.8. The molecule has 1 atom stereocenters. The Morgan fingerprint density at radius 3 is 2.85 bits per heavy atom. The van der Waals surface area contributed by atoms with Crippen LogP contribution < -0.4 is 10.1 Å². The first-order valence-corrected chi connectivity index (χ1v) is 7.52. The van der Waals surface area contributed by atoms with Crippen LogP contribution in [0, 0.1) is 5.82 Å². The highest BCUT2D eigenvalue weighted by Crippen LogP contribution is 2.44. The van der Waals surface area contributed by atoms with Crippen molar-refractivity contribution in [2.45, 2.75) is 37.8 Å². The number of nitrogens with one attached hydrogen (secondary N) is 1. The van der Waals surface area contributed by atoms with Crippen LogP contribution in [-0.4, -0.2) is 37.2 Å². The second-order valence-electron chi connectivity index (χ2n) is 6.08. The van der Waals surface area contributed by atoms with Gasteiger partial charge in [-0.15, -0.1) is 0 Å². The van der Waals surface area contributed by atoms with E-state index in [-0.39, 0.29) is 17.5 Å². The van der Waals surface area contributed by atoms with Gasteiger partial charge in [-0.05, 0) is 44.6 Å². The number of hydrogen-bond donors (Lipinski definition) is 1. The predicted molar refractivity (Wildman–Crippen MR) is 77.5 cm³/mol. The van der Waals surface area contributed by atoms with Crippen LogP contribution in [0.4, 0.5) is 4.39 Å². The van der Waals surface area contributed by atoms with Crippen molar-refractivity contribution in [3.05, 3.63) is 29.6 Å². The lowest BCUT2D eigenvalue weighted by atomic mass is 9.80. The summed E-state index contributed by atoms with van der Waals surface area (Å²) in [6.45, 7) is 5.11. The lowest BCUT2D eigenvalue weighted by Gasteiger charge is -2.46. The molecule has 1 saturated heterocycles. The van der Waals surface area contributed by atoms with Crippen molar-refractivity contribution in [3.8, 4) is 5.75 Å². The first-order chi connectivity index (χ1) is 9.62. The van der Waals surface area contributed by atoms with Gasteiger partial charge in [0.05, 0.1) is 0 Å². The third-order valence-corrected chi connectivity index (χ3v) is 4.60. The first-order valence-electron chi connectivity index (χ1n) is 7.52. The zero-order valence-electron chi connectivity index (χ0n) is 12.3. The molecule has 1 spiro atoms. The van der Waals surface area contributed by atoms with Crippen LogP contribution >= 0.6 is 0 Å². The summed E-state index contributed by atoms with van der Waals surface area (Å²) in [5.74, 6) is 0.669. The summed E-state index contributed by atoms with van der Waals surface area (Å²) in [5, 5.41) is 3.49. The standard InChI is InChI=1S/C16H23FN2O/c1-3-18-14-11-16(6-8-19(2)9-7-16)20-15-5-4-12(17)10-13(14)15/h4-5,10,14,18H,3,6-9,11H2,1-2H3. The highest BCUT2D eigenvalue weighted by molar-refractivity contribution is 5.39. The molecule has 1 aromatic rings. The van der Waals surface area contributed by atoms with Gasteiger partial charge >= 0.3 is 0 Å². The molecule has 4 heteroatoms. The number of halogens is 1. The van der Waals surface area contributed by atoms with E-state index in [0.29, 0.717) is 0 Å². The summed E-state index contributed by atoms with van der Waals surface area (Å²) in [5.41, 5.74) is 0.890. The molecule has 20 heavy (non-hydrogen) atoms. The maximum Gasteiger partial charge on any atom is 0.125 e. The highest BCUT2D eigenvalue weighted by atomic mass is 19.1. The number of piperidine rings is 1. The molecule has 0 amide bonds. The maximum absolute atomic E-state index is 13.5. The van der Waals surface area contributed by atoms with Crippen LogP contribution in [0.25, 0.3) is 0 Å². The summed E-state index contributed by atoms with van der Waals surface area (Å²) in [6, 6.07) is 5.09. The van der Waals surface area contributed by atoms with Crippen molar-refractivity contribution in [2.75, 3.05) is 26.7 Å². The minimum absolute atomic E-state index is 0.0792. The van der Waals surface area contributed by atoms with Gasteiger partial charge in [0.15, 0.2) is 0 Å². The summed E-state index contributed by atoms with van der Waals surface area (Å²) in [7, 11) is 2.15. The molecule has 0 saturated carbocycles. The lowest BCUT2D eigenvalue weighted by molar-refractivity contribution is -0.0202. The van der Waals surface area contributed by atoms with Gasteiger partial charge < -0.3 is 15.0 Å². The zero-order chi connectivity index (χ0) is 14.2. The molecule has 1 N–H and O–H groups in total. The third-order valence-electron chi connectivity index (χ3n) is 4.60. The topological polar surface area (TPSA) is 24.5 Å². The normalized spacial score (nSPS) is 25.2. The molecule has 0 aromatic heterocycles. The summed E-state index contributed by atoms with van der Waals surface area (Å²) in [6.07, 6.45) is 3.02.